The van der Waals surface area contributed by atoms with E-state index in [-0.39, 0.29) is 11.9 Å². The van der Waals surface area contributed by atoms with Crippen molar-refractivity contribution < 1.29 is 36.1 Å². The van der Waals surface area contributed by atoms with Crippen LogP contribution in [0.5, 0.6) is 0 Å². The largest absolute Gasteiger partial charge is 0.500 e. The summed E-state index contributed by atoms with van der Waals surface area (Å²) in [5.74, 6) is -0.425. The third-order valence-corrected chi connectivity index (χ3v) is 10.6. The average Bonchev–Trinajstić information content (AvgIpc) is 2.79. The predicted octanol–water partition coefficient (Wildman–Crippen LogP) is 0.881. The molecule has 2 N–H and O–H groups in total. The number of esters is 1. The highest BCUT2D eigenvalue weighted by Gasteiger charge is 2.37. The molecule has 0 aromatic carbocycles. The minimum Gasteiger partial charge on any atom is -0.465 e. The zero-order valence-corrected chi connectivity index (χ0v) is 21.7. The number of carbonyl (C=O) groups is 1. The van der Waals surface area contributed by atoms with Crippen LogP contribution in [0.15, 0.2) is 0 Å². The Kier molecular flexibility index (Phi) is 16.9. The van der Waals surface area contributed by atoms with Crippen molar-refractivity contribution in [3.05, 3.63) is 0 Å². The zero-order chi connectivity index (χ0) is 22.9. The van der Waals surface area contributed by atoms with E-state index in [1.807, 2.05) is 6.92 Å². The molecule has 12 heteroatoms. The quantitative estimate of drug-likeness (QED) is 0.151. The molecule has 10 nitrogen and oxygen atoms in total. The molecule has 0 aliphatic carbocycles. The summed E-state index contributed by atoms with van der Waals surface area (Å²) in [6, 6.07) is 1.37. The number of rotatable bonds is 20. The molecule has 0 saturated heterocycles. The molecular formula is C18H42N2O8Si2. The predicted molar refractivity (Wildman–Crippen MR) is 118 cm³/mol. The van der Waals surface area contributed by atoms with E-state index in [9.17, 15) is 4.79 Å². The molecule has 0 saturated carbocycles. The van der Waals surface area contributed by atoms with Crippen LogP contribution in [0.1, 0.15) is 19.8 Å². The summed E-state index contributed by atoms with van der Waals surface area (Å²) < 4.78 is 37.6. The molecule has 0 bridgehead atoms. The molecule has 0 aromatic rings. The van der Waals surface area contributed by atoms with Gasteiger partial charge in [-0.1, -0.05) is 6.92 Å². The van der Waals surface area contributed by atoms with E-state index in [0.717, 1.165) is 32.1 Å². The molecule has 180 valence electrons. The van der Waals surface area contributed by atoms with Crippen LogP contribution in [0.25, 0.3) is 0 Å². The van der Waals surface area contributed by atoms with Crippen molar-refractivity contribution >= 4 is 23.6 Å². The molecule has 0 fully saturated rings. The Morgan fingerprint density at radius 1 is 0.733 bits per heavy atom. The molecule has 0 aromatic heterocycles. The summed E-state index contributed by atoms with van der Waals surface area (Å²) in [6.45, 7) is 5.17. The molecule has 0 heterocycles. The number of nitrogens with one attached hydrogen (secondary N) is 2. The number of hydrogen-bond donors (Lipinski definition) is 2. The van der Waals surface area contributed by atoms with Crippen molar-refractivity contribution in [1.29, 1.82) is 0 Å². The second kappa shape index (κ2) is 17.2. The summed E-state index contributed by atoms with van der Waals surface area (Å²) in [7, 11) is 4.50. The van der Waals surface area contributed by atoms with E-state index in [2.05, 4.69) is 10.6 Å². The van der Waals surface area contributed by atoms with E-state index in [4.69, 9.17) is 31.3 Å². The lowest BCUT2D eigenvalue weighted by atomic mass is 10.2. The van der Waals surface area contributed by atoms with Crippen LogP contribution >= 0.6 is 0 Å². The van der Waals surface area contributed by atoms with Crippen molar-refractivity contribution in [3.63, 3.8) is 0 Å². The Balaban J connectivity index is 3.79. The van der Waals surface area contributed by atoms with Gasteiger partial charge in [0, 0.05) is 74.4 Å². The van der Waals surface area contributed by atoms with Crippen LogP contribution in [0.3, 0.4) is 0 Å². The van der Waals surface area contributed by atoms with Gasteiger partial charge in [-0.15, -0.1) is 0 Å². The number of hydrogen-bond acceptors (Lipinski definition) is 10. The molecule has 0 aliphatic heterocycles. The van der Waals surface area contributed by atoms with Gasteiger partial charge in [0.1, 0.15) is 0 Å². The molecule has 1 atom stereocenters. The lowest BCUT2D eigenvalue weighted by Crippen LogP contribution is -2.43. The molecule has 0 radical (unpaired) electrons. The van der Waals surface area contributed by atoms with Gasteiger partial charge in [0.15, 0.2) is 0 Å². The Bertz CT molecular complexity index is 424. The summed E-state index contributed by atoms with van der Waals surface area (Å²) in [4.78, 5) is 12.1. The van der Waals surface area contributed by atoms with E-state index >= 15 is 0 Å². The van der Waals surface area contributed by atoms with Gasteiger partial charge in [0.25, 0.3) is 0 Å². The maximum atomic E-state index is 12.1. The highest BCUT2D eigenvalue weighted by Crippen LogP contribution is 2.15. The van der Waals surface area contributed by atoms with Crippen molar-refractivity contribution in [2.24, 2.45) is 5.92 Å². The van der Waals surface area contributed by atoms with Gasteiger partial charge in [-0.25, -0.2) is 0 Å². The Hall–Kier alpha value is -0.416. The fourth-order valence-corrected chi connectivity index (χ4v) is 6.26. The molecule has 0 spiro atoms. The number of carbonyl (C=O) groups excluding carboxylic acids is 1. The maximum absolute atomic E-state index is 12.1. The molecule has 1 unspecified atom stereocenters. The monoisotopic (exact) mass is 470 g/mol. The van der Waals surface area contributed by atoms with Crippen LogP contribution in [0.4, 0.5) is 0 Å². The van der Waals surface area contributed by atoms with Crippen molar-refractivity contribution in [2.75, 3.05) is 75.4 Å². The zero-order valence-electron chi connectivity index (χ0n) is 19.7. The van der Waals surface area contributed by atoms with Crippen LogP contribution < -0.4 is 10.6 Å². The van der Waals surface area contributed by atoms with Crippen LogP contribution in [-0.2, 0) is 36.1 Å². The van der Waals surface area contributed by atoms with Gasteiger partial charge in [0.05, 0.1) is 12.5 Å². The fourth-order valence-electron chi connectivity index (χ4n) is 2.85. The van der Waals surface area contributed by atoms with Gasteiger partial charge in [-0.3, -0.25) is 4.79 Å². The first kappa shape index (κ1) is 29.6. The topological polar surface area (TPSA) is 106 Å². The lowest BCUT2D eigenvalue weighted by Gasteiger charge is -2.24. The lowest BCUT2D eigenvalue weighted by molar-refractivity contribution is -0.147. The minimum atomic E-state index is -2.60. The van der Waals surface area contributed by atoms with Gasteiger partial charge < -0.3 is 41.9 Å². The van der Waals surface area contributed by atoms with Gasteiger partial charge in [-0.05, 0) is 19.4 Å². The summed E-state index contributed by atoms with van der Waals surface area (Å²) >= 11 is 0. The molecule has 30 heavy (non-hydrogen) atoms. The van der Waals surface area contributed by atoms with Crippen LogP contribution in [0, 0.1) is 5.92 Å². The van der Waals surface area contributed by atoms with E-state index < -0.39 is 17.6 Å². The normalized spacial score (nSPS) is 13.4. The Labute approximate surface area is 184 Å². The van der Waals surface area contributed by atoms with Crippen LogP contribution in [0.2, 0.25) is 12.1 Å². The summed E-state index contributed by atoms with van der Waals surface area (Å²) in [5, 5.41) is 6.62. The smallest absolute Gasteiger partial charge is 0.465 e. The molecule has 0 amide bonds. The van der Waals surface area contributed by atoms with Gasteiger partial charge in [0.2, 0.25) is 0 Å². The van der Waals surface area contributed by atoms with Crippen molar-refractivity contribution in [1.82, 2.24) is 10.6 Å². The highest BCUT2D eigenvalue weighted by molar-refractivity contribution is 6.60. The van der Waals surface area contributed by atoms with E-state index in [1.165, 1.54) is 0 Å². The first-order valence-corrected chi connectivity index (χ1v) is 14.1. The average molecular weight is 471 g/mol. The third-order valence-electron chi connectivity index (χ3n) is 4.91. The van der Waals surface area contributed by atoms with E-state index in [1.54, 1.807) is 42.7 Å². The van der Waals surface area contributed by atoms with Crippen molar-refractivity contribution in [3.8, 4) is 0 Å². The maximum Gasteiger partial charge on any atom is 0.500 e. The molecular weight excluding hydrogens is 428 g/mol. The third kappa shape index (κ3) is 11.3. The minimum absolute atomic E-state index is 0.212. The first-order chi connectivity index (χ1) is 14.4. The second-order valence-corrected chi connectivity index (χ2v) is 13.0. The second-order valence-electron chi connectivity index (χ2n) is 6.82. The SMILES string of the molecule is CO[Si](CCCNCCNCC(C)C(=O)OCCC[Si](OC)(OC)OC)(OC)OC. The Morgan fingerprint density at radius 3 is 1.70 bits per heavy atom. The molecule has 0 rings (SSSR count). The van der Waals surface area contributed by atoms with E-state index in [0.29, 0.717) is 25.6 Å². The number of ether oxygens (including phenoxy) is 1. The molecule has 0 aliphatic rings. The standard InChI is InChI=1S/C18H42N2O8Si2/c1-17(18(21)28-13-9-15-30(25-5,26-6)27-7)16-20-12-11-19-10-8-14-29(22-2,23-3)24-4/h17,19-20H,8-16H2,1-7H3. The van der Waals surface area contributed by atoms with Crippen molar-refractivity contribution in [2.45, 2.75) is 31.9 Å². The highest BCUT2D eigenvalue weighted by atomic mass is 28.4. The van der Waals surface area contributed by atoms with Gasteiger partial charge in [-0.2, -0.15) is 0 Å². The summed E-state index contributed by atoms with van der Waals surface area (Å²) in [5.41, 5.74) is 0. The first-order valence-electron chi connectivity index (χ1n) is 10.3. The summed E-state index contributed by atoms with van der Waals surface area (Å²) in [6.07, 6.45) is 1.54. The van der Waals surface area contributed by atoms with Gasteiger partial charge >= 0.3 is 23.6 Å². The Morgan fingerprint density at radius 2 is 1.20 bits per heavy atom. The van der Waals surface area contributed by atoms with Crippen LogP contribution in [-0.4, -0.2) is 99.0 Å². The fraction of sp³-hybridized carbons (Fsp3) is 0.944.